The van der Waals surface area contributed by atoms with Crippen LogP contribution in [0, 0.1) is 11.3 Å². The third kappa shape index (κ3) is 3.49. The van der Waals surface area contributed by atoms with Crippen LogP contribution in [-0.4, -0.2) is 18.9 Å². The maximum Gasteiger partial charge on any atom is 0.417 e. The SMILES string of the molecule is CCCC1CCN(c2ccc(C(=N)N)c(C(F)(F)F)c2)C1. The van der Waals surface area contributed by atoms with E-state index in [-0.39, 0.29) is 5.56 Å². The van der Waals surface area contributed by atoms with E-state index in [2.05, 4.69) is 6.92 Å². The van der Waals surface area contributed by atoms with Crippen molar-refractivity contribution < 1.29 is 13.2 Å². The molecule has 1 unspecified atom stereocenters. The first-order chi connectivity index (χ1) is 9.82. The molecular formula is C15H20F3N3. The second-order valence-corrected chi connectivity index (χ2v) is 5.53. The fraction of sp³-hybridized carbons (Fsp3) is 0.533. The number of anilines is 1. The lowest BCUT2D eigenvalue weighted by molar-refractivity contribution is -0.137. The summed E-state index contributed by atoms with van der Waals surface area (Å²) in [5.41, 5.74) is 4.73. The third-order valence-electron chi connectivity index (χ3n) is 3.95. The Morgan fingerprint density at radius 1 is 1.43 bits per heavy atom. The molecule has 1 heterocycles. The van der Waals surface area contributed by atoms with Gasteiger partial charge in [0.2, 0.25) is 0 Å². The number of nitrogens with one attached hydrogen (secondary N) is 1. The summed E-state index contributed by atoms with van der Waals surface area (Å²) in [5.74, 6) is -0.00373. The van der Waals surface area contributed by atoms with Gasteiger partial charge in [0.15, 0.2) is 0 Å². The van der Waals surface area contributed by atoms with Gasteiger partial charge in [-0.3, -0.25) is 5.41 Å². The summed E-state index contributed by atoms with van der Waals surface area (Å²) in [7, 11) is 0. The second kappa shape index (κ2) is 5.95. The molecule has 1 aromatic rings. The number of nitrogens with zero attached hydrogens (tertiary/aromatic N) is 1. The minimum atomic E-state index is -4.50. The quantitative estimate of drug-likeness (QED) is 0.659. The molecule has 0 spiro atoms. The summed E-state index contributed by atoms with van der Waals surface area (Å²) in [6.07, 6.45) is -1.28. The van der Waals surface area contributed by atoms with E-state index in [0.29, 0.717) is 11.6 Å². The predicted octanol–water partition coefficient (Wildman–Crippen LogP) is 3.62. The number of nitrogens with two attached hydrogens (primary N) is 1. The van der Waals surface area contributed by atoms with Crippen LogP contribution in [0.2, 0.25) is 0 Å². The van der Waals surface area contributed by atoms with Gasteiger partial charge in [-0.25, -0.2) is 0 Å². The fourth-order valence-electron chi connectivity index (χ4n) is 2.91. The van der Waals surface area contributed by atoms with E-state index < -0.39 is 17.6 Å². The van der Waals surface area contributed by atoms with E-state index in [1.54, 1.807) is 6.07 Å². The molecule has 1 aromatic carbocycles. The van der Waals surface area contributed by atoms with Crippen molar-refractivity contribution in [1.82, 2.24) is 0 Å². The Labute approximate surface area is 122 Å². The number of hydrogen-bond donors (Lipinski definition) is 2. The average Bonchev–Trinajstić information content (AvgIpc) is 2.86. The van der Waals surface area contributed by atoms with Crippen LogP contribution in [0.25, 0.3) is 0 Å². The van der Waals surface area contributed by atoms with Crippen molar-refractivity contribution in [2.75, 3.05) is 18.0 Å². The smallest absolute Gasteiger partial charge is 0.384 e. The molecule has 3 nitrogen and oxygen atoms in total. The van der Waals surface area contributed by atoms with Crippen LogP contribution in [0.1, 0.15) is 37.3 Å². The van der Waals surface area contributed by atoms with Gasteiger partial charge in [0.1, 0.15) is 5.84 Å². The molecule has 0 amide bonds. The zero-order valence-electron chi connectivity index (χ0n) is 12.0. The lowest BCUT2D eigenvalue weighted by Crippen LogP contribution is -2.23. The number of alkyl halides is 3. The zero-order valence-corrected chi connectivity index (χ0v) is 12.0. The van der Waals surface area contributed by atoms with Crippen LogP contribution >= 0.6 is 0 Å². The monoisotopic (exact) mass is 299 g/mol. The normalized spacial score (nSPS) is 19.0. The highest BCUT2D eigenvalue weighted by Crippen LogP contribution is 2.36. The highest BCUT2D eigenvalue weighted by atomic mass is 19.4. The van der Waals surface area contributed by atoms with Crippen LogP contribution in [0.3, 0.4) is 0 Å². The molecule has 0 aromatic heterocycles. The molecular weight excluding hydrogens is 279 g/mol. The number of rotatable bonds is 4. The van der Waals surface area contributed by atoms with Crippen molar-refractivity contribution in [2.45, 2.75) is 32.4 Å². The van der Waals surface area contributed by atoms with E-state index in [1.807, 2.05) is 4.90 Å². The summed E-state index contributed by atoms with van der Waals surface area (Å²) < 4.78 is 39.3. The molecule has 1 fully saturated rings. The molecule has 2 rings (SSSR count). The van der Waals surface area contributed by atoms with Gasteiger partial charge in [0.25, 0.3) is 0 Å². The second-order valence-electron chi connectivity index (χ2n) is 5.53. The molecule has 1 aliphatic heterocycles. The van der Waals surface area contributed by atoms with Crippen LogP contribution in [0.15, 0.2) is 18.2 Å². The highest BCUT2D eigenvalue weighted by molar-refractivity contribution is 5.97. The van der Waals surface area contributed by atoms with Gasteiger partial charge in [-0.1, -0.05) is 13.3 Å². The van der Waals surface area contributed by atoms with Gasteiger partial charge in [0.05, 0.1) is 5.56 Å². The standard InChI is InChI=1S/C15H20F3N3/c1-2-3-10-6-7-21(9-10)11-4-5-12(14(19)20)13(8-11)15(16,17)18/h4-5,8,10H,2-3,6-7,9H2,1H3,(H3,19,20). The molecule has 21 heavy (non-hydrogen) atoms. The van der Waals surface area contributed by atoms with Crippen LogP contribution in [0.4, 0.5) is 18.9 Å². The van der Waals surface area contributed by atoms with Gasteiger partial charge in [-0.15, -0.1) is 0 Å². The summed E-state index contributed by atoms with van der Waals surface area (Å²) in [4.78, 5) is 1.99. The summed E-state index contributed by atoms with van der Waals surface area (Å²) in [6.45, 7) is 3.69. The van der Waals surface area contributed by atoms with Crippen molar-refractivity contribution in [2.24, 2.45) is 11.7 Å². The van der Waals surface area contributed by atoms with E-state index in [4.69, 9.17) is 11.1 Å². The van der Waals surface area contributed by atoms with Gasteiger partial charge < -0.3 is 10.6 Å². The Bertz CT molecular complexity index is 525. The number of nitrogen functional groups attached to an aromatic ring is 1. The largest absolute Gasteiger partial charge is 0.417 e. The summed E-state index contributed by atoms with van der Waals surface area (Å²) >= 11 is 0. The van der Waals surface area contributed by atoms with Gasteiger partial charge in [-0.2, -0.15) is 13.2 Å². The molecule has 0 aliphatic carbocycles. The van der Waals surface area contributed by atoms with E-state index in [0.717, 1.165) is 38.4 Å². The molecule has 3 N–H and O–H groups in total. The molecule has 0 saturated carbocycles. The summed E-state index contributed by atoms with van der Waals surface area (Å²) in [6, 6.07) is 4.04. The minimum absolute atomic E-state index is 0.254. The maximum atomic E-state index is 13.1. The van der Waals surface area contributed by atoms with E-state index in [1.165, 1.54) is 6.07 Å². The first-order valence-electron chi connectivity index (χ1n) is 7.13. The first kappa shape index (κ1) is 15.7. The number of benzene rings is 1. The summed E-state index contributed by atoms with van der Waals surface area (Å²) in [5, 5.41) is 7.29. The average molecular weight is 299 g/mol. The van der Waals surface area contributed by atoms with Crippen LogP contribution in [0.5, 0.6) is 0 Å². The minimum Gasteiger partial charge on any atom is -0.384 e. The topological polar surface area (TPSA) is 53.1 Å². The fourth-order valence-corrected chi connectivity index (χ4v) is 2.91. The molecule has 116 valence electrons. The zero-order chi connectivity index (χ0) is 15.6. The molecule has 0 radical (unpaired) electrons. The van der Waals surface area contributed by atoms with E-state index in [9.17, 15) is 13.2 Å². The van der Waals surface area contributed by atoms with Gasteiger partial charge in [0, 0.05) is 24.3 Å². The highest BCUT2D eigenvalue weighted by Gasteiger charge is 2.35. The van der Waals surface area contributed by atoms with Crippen molar-refractivity contribution in [1.29, 1.82) is 5.41 Å². The van der Waals surface area contributed by atoms with Crippen molar-refractivity contribution in [3.05, 3.63) is 29.3 Å². The number of halogens is 3. The first-order valence-corrected chi connectivity index (χ1v) is 7.13. The maximum absolute atomic E-state index is 13.1. The predicted molar refractivity (Wildman–Crippen MR) is 77.7 cm³/mol. The molecule has 0 bridgehead atoms. The molecule has 1 atom stereocenters. The Morgan fingerprint density at radius 2 is 2.14 bits per heavy atom. The molecule has 6 heteroatoms. The van der Waals surface area contributed by atoms with Gasteiger partial charge in [-0.05, 0) is 37.0 Å². The third-order valence-corrected chi connectivity index (χ3v) is 3.95. The Morgan fingerprint density at radius 3 is 2.71 bits per heavy atom. The number of amidine groups is 1. The molecule has 1 aliphatic rings. The van der Waals surface area contributed by atoms with Crippen molar-refractivity contribution in [3.63, 3.8) is 0 Å². The molecule has 1 saturated heterocycles. The lowest BCUT2D eigenvalue weighted by Gasteiger charge is -2.21. The van der Waals surface area contributed by atoms with Crippen LogP contribution < -0.4 is 10.6 Å². The van der Waals surface area contributed by atoms with E-state index >= 15 is 0 Å². The van der Waals surface area contributed by atoms with Gasteiger partial charge >= 0.3 is 6.18 Å². The number of hydrogen-bond acceptors (Lipinski definition) is 2. The Balaban J connectivity index is 2.29. The van der Waals surface area contributed by atoms with Crippen LogP contribution in [-0.2, 0) is 6.18 Å². The van der Waals surface area contributed by atoms with Crippen molar-refractivity contribution in [3.8, 4) is 0 Å². The Hall–Kier alpha value is -1.72. The Kier molecular flexibility index (Phi) is 4.44. The van der Waals surface area contributed by atoms with Crippen molar-refractivity contribution >= 4 is 11.5 Å². The lowest BCUT2D eigenvalue weighted by atomic mass is 10.0.